The second-order valence-electron chi connectivity index (χ2n) is 3.26. The Morgan fingerprint density at radius 2 is 2.55 bits per heavy atom. The molecule has 0 bridgehead atoms. The summed E-state index contributed by atoms with van der Waals surface area (Å²) in [5, 5.41) is 0. The van der Waals surface area contributed by atoms with E-state index in [1.807, 2.05) is 0 Å². The predicted octanol–water partition coefficient (Wildman–Crippen LogP) is 2.90. The van der Waals surface area contributed by atoms with Crippen molar-refractivity contribution in [3.63, 3.8) is 0 Å². The van der Waals surface area contributed by atoms with Crippen molar-refractivity contribution in [2.24, 2.45) is 11.8 Å². The first-order valence-corrected chi connectivity index (χ1v) is 4.82. The Morgan fingerprint density at radius 1 is 1.82 bits per heavy atom. The summed E-state index contributed by atoms with van der Waals surface area (Å²) in [6.45, 7) is 2.23. The number of hydrogen-bond donors (Lipinski definition) is 0. The molecule has 0 radical (unpaired) electrons. The molecule has 2 heteroatoms. The van der Waals surface area contributed by atoms with Gasteiger partial charge in [-0.05, 0) is 29.2 Å². The fraction of sp³-hybridized carbons (Fsp3) is 0.667. The zero-order valence-electron chi connectivity index (χ0n) is 6.72. The van der Waals surface area contributed by atoms with Crippen molar-refractivity contribution in [3.05, 3.63) is 10.6 Å². The molecule has 0 saturated heterocycles. The van der Waals surface area contributed by atoms with E-state index in [0.29, 0.717) is 12.3 Å². The van der Waals surface area contributed by atoms with E-state index in [1.54, 1.807) is 0 Å². The molecule has 0 heterocycles. The summed E-state index contributed by atoms with van der Waals surface area (Å²) in [7, 11) is 0. The van der Waals surface area contributed by atoms with Crippen molar-refractivity contribution in [2.45, 2.75) is 26.2 Å². The largest absolute Gasteiger partial charge is 0.303 e. The molecule has 0 amide bonds. The minimum Gasteiger partial charge on any atom is -0.303 e. The number of rotatable bonds is 2. The highest BCUT2D eigenvalue weighted by Crippen LogP contribution is 2.33. The molecule has 0 aliphatic heterocycles. The molecule has 1 nitrogen and oxygen atoms in total. The lowest BCUT2D eigenvalue weighted by molar-refractivity contribution is -0.108. The van der Waals surface area contributed by atoms with E-state index in [1.165, 1.54) is 4.48 Å². The smallest absolute Gasteiger partial charge is 0.120 e. The average Bonchev–Trinajstić information content (AvgIpc) is 1.98. The van der Waals surface area contributed by atoms with Crippen molar-refractivity contribution in [2.75, 3.05) is 0 Å². The third-order valence-corrected chi connectivity index (χ3v) is 3.14. The van der Waals surface area contributed by atoms with Gasteiger partial charge in [0.25, 0.3) is 0 Å². The van der Waals surface area contributed by atoms with E-state index in [0.717, 1.165) is 25.0 Å². The number of carbonyl (C=O) groups is 1. The third kappa shape index (κ3) is 2.44. The number of allylic oxidation sites excluding steroid dienone is 2. The van der Waals surface area contributed by atoms with Crippen LogP contribution in [0.3, 0.4) is 0 Å². The summed E-state index contributed by atoms with van der Waals surface area (Å²) >= 11 is 3.49. The van der Waals surface area contributed by atoms with Gasteiger partial charge in [-0.15, -0.1) is 0 Å². The van der Waals surface area contributed by atoms with Gasteiger partial charge in [0.1, 0.15) is 6.29 Å². The SMILES string of the molecule is C[C@H]1CC=C(Br)[C@H](CC=O)C1. The zero-order valence-corrected chi connectivity index (χ0v) is 8.30. The maximum absolute atomic E-state index is 10.3. The van der Waals surface area contributed by atoms with Gasteiger partial charge in [0.2, 0.25) is 0 Å². The Bertz CT molecular complexity index is 174. The second-order valence-corrected chi connectivity index (χ2v) is 4.18. The normalized spacial score (nSPS) is 31.3. The average molecular weight is 217 g/mol. The van der Waals surface area contributed by atoms with Crippen molar-refractivity contribution in [1.29, 1.82) is 0 Å². The Kier molecular flexibility index (Phi) is 3.31. The van der Waals surface area contributed by atoms with E-state index in [2.05, 4.69) is 28.9 Å². The van der Waals surface area contributed by atoms with Gasteiger partial charge in [-0.2, -0.15) is 0 Å². The van der Waals surface area contributed by atoms with Crippen LogP contribution in [0, 0.1) is 11.8 Å². The van der Waals surface area contributed by atoms with Gasteiger partial charge in [-0.25, -0.2) is 0 Å². The van der Waals surface area contributed by atoms with Crippen LogP contribution >= 0.6 is 15.9 Å². The van der Waals surface area contributed by atoms with E-state index < -0.39 is 0 Å². The summed E-state index contributed by atoms with van der Waals surface area (Å²) in [4.78, 5) is 10.3. The Labute approximate surface area is 76.0 Å². The van der Waals surface area contributed by atoms with Crippen LogP contribution < -0.4 is 0 Å². The molecule has 0 saturated carbocycles. The molecular formula is C9H13BrO. The topological polar surface area (TPSA) is 17.1 Å². The molecular weight excluding hydrogens is 204 g/mol. The molecule has 1 aliphatic carbocycles. The molecule has 0 aromatic rings. The fourth-order valence-electron chi connectivity index (χ4n) is 1.50. The summed E-state index contributed by atoms with van der Waals surface area (Å²) in [5.41, 5.74) is 0. The van der Waals surface area contributed by atoms with E-state index in [9.17, 15) is 4.79 Å². The summed E-state index contributed by atoms with van der Waals surface area (Å²) < 4.78 is 1.22. The first kappa shape index (κ1) is 8.98. The van der Waals surface area contributed by atoms with E-state index in [4.69, 9.17) is 0 Å². The van der Waals surface area contributed by atoms with Crippen LogP contribution in [0.4, 0.5) is 0 Å². The maximum atomic E-state index is 10.3. The van der Waals surface area contributed by atoms with Crippen LogP contribution in [-0.2, 0) is 4.79 Å². The predicted molar refractivity (Wildman–Crippen MR) is 49.6 cm³/mol. The molecule has 1 rings (SSSR count). The van der Waals surface area contributed by atoms with Crippen LogP contribution in [0.15, 0.2) is 10.6 Å². The van der Waals surface area contributed by atoms with Crippen molar-refractivity contribution >= 4 is 22.2 Å². The Morgan fingerprint density at radius 3 is 3.18 bits per heavy atom. The molecule has 11 heavy (non-hydrogen) atoms. The van der Waals surface area contributed by atoms with Gasteiger partial charge in [-0.3, -0.25) is 0 Å². The minimum absolute atomic E-state index is 0.455. The van der Waals surface area contributed by atoms with Crippen molar-refractivity contribution in [3.8, 4) is 0 Å². The van der Waals surface area contributed by atoms with Gasteiger partial charge in [0.15, 0.2) is 0 Å². The lowest BCUT2D eigenvalue weighted by Gasteiger charge is -2.23. The number of carbonyl (C=O) groups excluding carboxylic acids is 1. The van der Waals surface area contributed by atoms with Crippen molar-refractivity contribution < 1.29 is 4.79 Å². The van der Waals surface area contributed by atoms with E-state index >= 15 is 0 Å². The molecule has 0 aromatic carbocycles. The van der Waals surface area contributed by atoms with Crippen LogP contribution in [0.1, 0.15) is 26.2 Å². The molecule has 0 N–H and O–H groups in total. The van der Waals surface area contributed by atoms with E-state index in [-0.39, 0.29) is 0 Å². The lowest BCUT2D eigenvalue weighted by atomic mass is 9.86. The van der Waals surface area contributed by atoms with Gasteiger partial charge in [0, 0.05) is 6.42 Å². The van der Waals surface area contributed by atoms with Crippen LogP contribution in [0.5, 0.6) is 0 Å². The monoisotopic (exact) mass is 216 g/mol. The maximum Gasteiger partial charge on any atom is 0.120 e. The minimum atomic E-state index is 0.455. The highest BCUT2D eigenvalue weighted by atomic mass is 79.9. The van der Waals surface area contributed by atoms with Crippen molar-refractivity contribution in [1.82, 2.24) is 0 Å². The van der Waals surface area contributed by atoms with Crippen LogP contribution in [0.25, 0.3) is 0 Å². The molecule has 1 aliphatic rings. The third-order valence-electron chi connectivity index (χ3n) is 2.17. The first-order valence-electron chi connectivity index (χ1n) is 4.03. The number of aldehydes is 1. The second kappa shape index (κ2) is 4.05. The van der Waals surface area contributed by atoms with Crippen LogP contribution in [-0.4, -0.2) is 6.29 Å². The molecule has 0 aromatic heterocycles. The number of halogens is 1. The van der Waals surface area contributed by atoms with Gasteiger partial charge >= 0.3 is 0 Å². The summed E-state index contributed by atoms with van der Waals surface area (Å²) in [6, 6.07) is 0. The number of hydrogen-bond acceptors (Lipinski definition) is 1. The summed E-state index contributed by atoms with van der Waals surface area (Å²) in [6.07, 6.45) is 6.17. The van der Waals surface area contributed by atoms with Gasteiger partial charge < -0.3 is 4.79 Å². The first-order chi connectivity index (χ1) is 5.24. The highest BCUT2D eigenvalue weighted by Gasteiger charge is 2.19. The Balaban J connectivity index is 2.56. The fourth-order valence-corrected chi connectivity index (χ4v) is 2.06. The lowest BCUT2D eigenvalue weighted by Crippen LogP contribution is -2.11. The van der Waals surface area contributed by atoms with Gasteiger partial charge in [-0.1, -0.05) is 28.9 Å². The Hall–Kier alpha value is -0.110. The van der Waals surface area contributed by atoms with Gasteiger partial charge in [0.05, 0.1) is 0 Å². The molecule has 62 valence electrons. The molecule has 0 unspecified atom stereocenters. The molecule has 2 atom stereocenters. The standard InChI is InChI=1S/C9H13BrO/c1-7-2-3-9(10)8(6-7)4-5-11/h3,5,7-8H,2,4,6H2,1H3/t7-,8+/m0/s1. The zero-order chi connectivity index (χ0) is 8.27. The van der Waals surface area contributed by atoms with Crippen LogP contribution in [0.2, 0.25) is 0 Å². The molecule has 0 fully saturated rings. The summed E-state index contributed by atoms with van der Waals surface area (Å²) in [5.74, 6) is 1.19. The highest BCUT2D eigenvalue weighted by molar-refractivity contribution is 9.11. The quantitative estimate of drug-likeness (QED) is 0.650. The molecule has 0 spiro atoms.